The monoisotopic (exact) mass is 298 g/mol. The Bertz CT molecular complexity index is 768. The molecule has 0 aliphatic carbocycles. The molecule has 0 radical (unpaired) electrons. The lowest BCUT2D eigenvalue weighted by Crippen LogP contribution is -2.17. The SMILES string of the molecule is Nc1c[nH]c2ncc(-c3csc(CN4CCCC4)c3)cc12. The zero-order valence-electron chi connectivity index (χ0n) is 11.8. The molecule has 0 bridgehead atoms. The number of anilines is 1. The minimum atomic E-state index is 0.756. The fourth-order valence-electron chi connectivity index (χ4n) is 2.96. The van der Waals surface area contributed by atoms with Gasteiger partial charge in [-0.15, -0.1) is 11.3 Å². The third kappa shape index (κ3) is 2.43. The van der Waals surface area contributed by atoms with Crippen LogP contribution >= 0.6 is 11.3 Å². The second-order valence-electron chi connectivity index (χ2n) is 5.65. The highest BCUT2D eigenvalue weighted by Gasteiger charge is 2.13. The van der Waals surface area contributed by atoms with Crippen molar-refractivity contribution < 1.29 is 0 Å². The van der Waals surface area contributed by atoms with Crippen LogP contribution in [0.15, 0.2) is 29.9 Å². The van der Waals surface area contributed by atoms with Crippen molar-refractivity contribution in [2.24, 2.45) is 0 Å². The number of aromatic amines is 1. The zero-order chi connectivity index (χ0) is 14.2. The molecule has 3 aromatic heterocycles. The molecular formula is C16H18N4S. The Morgan fingerprint density at radius 2 is 2.10 bits per heavy atom. The first kappa shape index (κ1) is 12.9. The van der Waals surface area contributed by atoms with Gasteiger partial charge in [-0.25, -0.2) is 4.98 Å². The molecule has 0 spiro atoms. The lowest BCUT2D eigenvalue weighted by molar-refractivity contribution is 0.334. The average molecular weight is 298 g/mol. The molecule has 3 N–H and O–H groups in total. The summed E-state index contributed by atoms with van der Waals surface area (Å²) in [6.45, 7) is 3.55. The number of rotatable bonds is 3. The third-order valence-corrected chi connectivity index (χ3v) is 5.05. The Hall–Kier alpha value is -1.85. The van der Waals surface area contributed by atoms with Crippen molar-refractivity contribution in [3.05, 3.63) is 34.8 Å². The molecular weight excluding hydrogens is 280 g/mol. The lowest BCUT2D eigenvalue weighted by Gasteiger charge is -2.12. The lowest BCUT2D eigenvalue weighted by atomic mass is 10.1. The maximum Gasteiger partial charge on any atom is 0.139 e. The number of pyridine rings is 1. The van der Waals surface area contributed by atoms with Crippen molar-refractivity contribution in [1.82, 2.24) is 14.9 Å². The fraction of sp³-hybridized carbons (Fsp3) is 0.312. The summed E-state index contributed by atoms with van der Waals surface area (Å²) >= 11 is 1.83. The molecule has 21 heavy (non-hydrogen) atoms. The van der Waals surface area contributed by atoms with Gasteiger partial charge in [0.05, 0.1) is 5.69 Å². The Labute approximate surface area is 127 Å². The van der Waals surface area contributed by atoms with Crippen LogP contribution in [0.1, 0.15) is 17.7 Å². The molecule has 1 fully saturated rings. The zero-order valence-corrected chi connectivity index (χ0v) is 12.6. The van der Waals surface area contributed by atoms with E-state index in [-0.39, 0.29) is 0 Å². The molecule has 0 aromatic carbocycles. The van der Waals surface area contributed by atoms with E-state index in [0.29, 0.717) is 0 Å². The minimum Gasteiger partial charge on any atom is -0.397 e. The number of nitrogen functional groups attached to an aromatic ring is 1. The summed E-state index contributed by atoms with van der Waals surface area (Å²) in [5.74, 6) is 0. The number of hydrogen-bond acceptors (Lipinski definition) is 4. The van der Waals surface area contributed by atoms with E-state index in [1.54, 1.807) is 6.20 Å². The quantitative estimate of drug-likeness (QED) is 0.778. The smallest absolute Gasteiger partial charge is 0.139 e. The van der Waals surface area contributed by atoms with Gasteiger partial charge in [0.15, 0.2) is 0 Å². The highest BCUT2D eigenvalue weighted by molar-refractivity contribution is 7.10. The first-order valence-corrected chi connectivity index (χ1v) is 8.20. The fourth-order valence-corrected chi connectivity index (χ4v) is 3.89. The third-order valence-electron chi connectivity index (χ3n) is 4.13. The molecule has 4 heterocycles. The van der Waals surface area contributed by atoms with Gasteiger partial charge >= 0.3 is 0 Å². The highest BCUT2D eigenvalue weighted by Crippen LogP contribution is 2.30. The van der Waals surface area contributed by atoms with Crippen LogP contribution < -0.4 is 5.73 Å². The van der Waals surface area contributed by atoms with Crippen LogP contribution in [0.25, 0.3) is 22.2 Å². The summed E-state index contributed by atoms with van der Waals surface area (Å²) in [7, 11) is 0. The predicted octanol–water partition coefficient (Wildman–Crippen LogP) is 3.47. The van der Waals surface area contributed by atoms with E-state index in [9.17, 15) is 0 Å². The van der Waals surface area contributed by atoms with E-state index in [2.05, 4.69) is 32.4 Å². The van der Waals surface area contributed by atoms with Crippen LogP contribution in [-0.2, 0) is 6.54 Å². The Morgan fingerprint density at radius 1 is 1.24 bits per heavy atom. The van der Waals surface area contributed by atoms with E-state index < -0.39 is 0 Å². The van der Waals surface area contributed by atoms with Crippen LogP contribution in [0.4, 0.5) is 5.69 Å². The summed E-state index contributed by atoms with van der Waals surface area (Å²) in [4.78, 5) is 11.5. The topological polar surface area (TPSA) is 57.9 Å². The van der Waals surface area contributed by atoms with Gasteiger partial charge < -0.3 is 10.7 Å². The normalized spacial score (nSPS) is 16.0. The number of nitrogens with zero attached hydrogens (tertiary/aromatic N) is 2. The molecule has 3 aromatic rings. The van der Waals surface area contributed by atoms with E-state index >= 15 is 0 Å². The number of nitrogens with one attached hydrogen (secondary N) is 1. The number of hydrogen-bond donors (Lipinski definition) is 2. The van der Waals surface area contributed by atoms with E-state index in [0.717, 1.165) is 28.8 Å². The number of fused-ring (bicyclic) bond motifs is 1. The molecule has 1 aliphatic rings. The molecule has 4 nitrogen and oxygen atoms in total. The molecule has 5 heteroatoms. The van der Waals surface area contributed by atoms with Crippen molar-refractivity contribution in [3.8, 4) is 11.1 Å². The number of aromatic nitrogens is 2. The van der Waals surface area contributed by atoms with E-state index in [1.165, 1.54) is 36.4 Å². The molecule has 0 unspecified atom stereocenters. The van der Waals surface area contributed by atoms with Crippen LogP contribution in [0.5, 0.6) is 0 Å². The second kappa shape index (κ2) is 5.16. The number of thiophene rings is 1. The number of H-pyrrole nitrogens is 1. The van der Waals surface area contributed by atoms with Gasteiger partial charge in [0.25, 0.3) is 0 Å². The van der Waals surface area contributed by atoms with Gasteiger partial charge in [-0.2, -0.15) is 0 Å². The van der Waals surface area contributed by atoms with Gasteiger partial charge in [0.1, 0.15) is 5.65 Å². The number of likely N-dealkylation sites (tertiary alicyclic amines) is 1. The summed E-state index contributed by atoms with van der Waals surface area (Å²) < 4.78 is 0. The van der Waals surface area contributed by atoms with E-state index in [1.807, 2.05) is 17.5 Å². The summed E-state index contributed by atoms with van der Waals surface area (Å²) in [6.07, 6.45) is 6.39. The molecule has 0 amide bonds. The van der Waals surface area contributed by atoms with Gasteiger partial charge in [0.2, 0.25) is 0 Å². The second-order valence-corrected chi connectivity index (χ2v) is 6.64. The Balaban J connectivity index is 1.62. The predicted molar refractivity (Wildman–Crippen MR) is 88.3 cm³/mol. The van der Waals surface area contributed by atoms with Gasteiger partial charge in [0, 0.05) is 34.8 Å². The van der Waals surface area contributed by atoms with Crippen molar-refractivity contribution >= 4 is 28.1 Å². The Morgan fingerprint density at radius 3 is 2.95 bits per heavy atom. The van der Waals surface area contributed by atoms with Gasteiger partial charge in [-0.05, 0) is 49.0 Å². The van der Waals surface area contributed by atoms with Crippen molar-refractivity contribution in [3.63, 3.8) is 0 Å². The van der Waals surface area contributed by atoms with Crippen LogP contribution in [-0.4, -0.2) is 28.0 Å². The molecule has 0 saturated carbocycles. The first-order chi connectivity index (χ1) is 10.3. The maximum absolute atomic E-state index is 5.96. The van der Waals surface area contributed by atoms with Gasteiger partial charge in [-0.1, -0.05) is 0 Å². The van der Waals surface area contributed by atoms with Gasteiger partial charge in [-0.3, -0.25) is 4.90 Å². The molecule has 4 rings (SSSR count). The van der Waals surface area contributed by atoms with E-state index in [4.69, 9.17) is 5.73 Å². The highest BCUT2D eigenvalue weighted by atomic mass is 32.1. The van der Waals surface area contributed by atoms with Crippen molar-refractivity contribution in [2.75, 3.05) is 18.8 Å². The molecule has 0 atom stereocenters. The minimum absolute atomic E-state index is 0.756. The molecule has 1 saturated heterocycles. The molecule has 108 valence electrons. The van der Waals surface area contributed by atoms with Crippen molar-refractivity contribution in [2.45, 2.75) is 19.4 Å². The largest absolute Gasteiger partial charge is 0.397 e. The Kier molecular flexibility index (Phi) is 3.16. The standard InChI is InChI=1S/C16H18N4S/c17-15-8-19-16-14(15)6-11(7-18-16)12-5-13(21-10-12)9-20-3-1-2-4-20/h5-8,10H,1-4,9,17H2,(H,18,19). The number of nitrogens with two attached hydrogens (primary N) is 1. The van der Waals surface area contributed by atoms with Crippen LogP contribution in [0.3, 0.4) is 0 Å². The maximum atomic E-state index is 5.96. The van der Waals surface area contributed by atoms with Crippen LogP contribution in [0.2, 0.25) is 0 Å². The average Bonchev–Trinajstić information content (AvgIpc) is 3.22. The summed E-state index contributed by atoms with van der Waals surface area (Å²) in [6, 6.07) is 4.41. The first-order valence-electron chi connectivity index (χ1n) is 7.32. The van der Waals surface area contributed by atoms with Crippen molar-refractivity contribution in [1.29, 1.82) is 0 Å². The molecule has 1 aliphatic heterocycles. The summed E-state index contributed by atoms with van der Waals surface area (Å²) in [5.41, 5.74) is 9.95. The summed E-state index contributed by atoms with van der Waals surface area (Å²) in [5, 5.41) is 3.22. The van der Waals surface area contributed by atoms with Crippen LogP contribution in [0, 0.1) is 0 Å².